The van der Waals surface area contributed by atoms with E-state index >= 15 is 0 Å². The van der Waals surface area contributed by atoms with E-state index in [1.165, 1.54) is 18.5 Å². The molecule has 110 valence electrons. The number of hydrogen-bond donors (Lipinski definition) is 2. The molecular weight excluding hydrogens is 285 g/mol. The molecule has 0 atom stereocenters. The molecule has 0 aliphatic heterocycles. The van der Waals surface area contributed by atoms with E-state index in [2.05, 4.69) is 9.97 Å². The second-order valence-corrected chi connectivity index (χ2v) is 4.08. The van der Waals surface area contributed by atoms with Crippen molar-refractivity contribution in [2.24, 2.45) is 5.73 Å². The van der Waals surface area contributed by atoms with Crippen molar-refractivity contribution in [2.75, 3.05) is 0 Å². The Balaban J connectivity index is 2.28. The van der Waals surface area contributed by atoms with Crippen LogP contribution in [0.3, 0.4) is 0 Å². The second-order valence-electron chi connectivity index (χ2n) is 4.08. The third-order valence-electron chi connectivity index (χ3n) is 2.57. The molecule has 0 radical (unpaired) electrons. The fourth-order valence-electron chi connectivity index (χ4n) is 1.59. The summed E-state index contributed by atoms with van der Waals surface area (Å²) in [5, 5.41) is 7.19. The largest absolute Gasteiger partial charge is 0.485 e. The highest BCUT2D eigenvalue weighted by molar-refractivity contribution is 5.95. The number of nitrogens with one attached hydrogen (secondary N) is 1. The molecule has 1 aromatic carbocycles. The van der Waals surface area contributed by atoms with Gasteiger partial charge in [-0.15, -0.1) is 0 Å². The van der Waals surface area contributed by atoms with Crippen LogP contribution in [0.15, 0.2) is 36.7 Å². The minimum absolute atomic E-state index is 0.0226. The van der Waals surface area contributed by atoms with Crippen LogP contribution in [0.1, 0.15) is 17.0 Å². The van der Waals surface area contributed by atoms with E-state index in [4.69, 9.17) is 15.9 Å². The predicted molar refractivity (Wildman–Crippen MR) is 68.8 cm³/mol. The zero-order valence-corrected chi connectivity index (χ0v) is 10.7. The Kier molecular flexibility index (Phi) is 4.06. The molecule has 0 spiro atoms. The van der Waals surface area contributed by atoms with Crippen LogP contribution in [-0.2, 0) is 12.8 Å². The highest BCUT2D eigenvalue weighted by Gasteiger charge is 2.35. The Hall–Kier alpha value is -2.64. The van der Waals surface area contributed by atoms with Crippen LogP contribution >= 0.6 is 0 Å². The Morgan fingerprint density at radius 3 is 2.48 bits per heavy atom. The number of amidine groups is 1. The van der Waals surface area contributed by atoms with Gasteiger partial charge in [0, 0.05) is 18.0 Å². The summed E-state index contributed by atoms with van der Waals surface area (Å²) in [7, 11) is 0. The van der Waals surface area contributed by atoms with Gasteiger partial charge in [0.15, 0.2) is 5.82 Å². The van der Waals surface area contributed by atoms with Crippen molar-refractivity contribution in [1.29, 1.82) is 5.41 Å². The van der Waals surface area contributed by atoms with Crippen molar-refractivity contribution in [3.63, 3.8) is 0 Å². The summed E-state index contributed by atoms with van der Waals surface area (Å²) in [4.78, 5) is 7.72. The van der Waals surface area contributed by atoms with Crippen LogP contribution in [0, 0.1) is 5.41 Å². The summed E-state index contributed by atoms with van der Waals surface area (Å²) in [6.07, 6.45) is -1.68. The van der Waals surface area contributed by atoms with Gasteiger partial charge in [-0.25, -0.2) is 9.97 Å². The van der Waals surface area contributed by atoms with E-state index in [0.29, 0.717) is 0 Å². The lowest BCUT2D eigenvalue weighted by Crippen LogP contribution is -2.15. The fourth-order valence-corrected chi connectivity index (χ4v) is 1.59. The zero-order valence-electron chi connectivity index (χ0n) is 10.7. The number of hydrogen-bond acceptors (Lipinski definition) is 4. The first-order valence-electron chi connectivity index (χ1n) is 5.82. The molecule has 8 heteroatoms. The van der Waals surface area contributed by atoms with Crippen LogP contribution in [0.4, 0.5) is 13.2 Å². The molecule has 1 aromatic heterocycles. The number of halogens is 3. The van der Waals surface area contributed by atoms with Gasteiger partial charge < -0.3 is 10.5 Å². The van der Waals surface area contributed by atoms with Crippen molar-refractivity contribution < 1.29 is 17.9 Å². The number of ether oxygens (including phenoxy) is 1. The van der Waals surface area contributed by atoms with E-state index in [-0.39, 0.29) is 23.7 Å². The highest BCUT2D eigenvalue weighted by Crippen LogP contribution is 2.37. The maximum Gasteiger partial charge on any atom is 0.419 e. The minimum atomic E-state index is -4.61. The highest BCUT2D eigenvalue weighted by atomic mass is 19.4. The Bertz CT molecular complexity index is 644. The number of nitrogens with two attached hydrogens (primary N) is 1. The van der Waals surface area contributed by atoms with Gasteiger partial charge in [-0.3, -0.25) is 5.41 Å². The predicted octanol–water partition coefficient (Wildman–Crippen LogP) is 2.36. The first-order valence-corrected chi connectivity index (χ1v) is 5.82. The minimum Gasteiger partial charge on any atom is -0.485 e. The molecule has 0 bridgehead atoms. The number of nitrogen functional groups attached to an aromatic ring is 1. The van der Waals surface area contributed by atoms with Gasteiger partial charge in [-0.1, -0.05) is 0 Å². The molecule has 0 aliphatic carbocycles. The number of rotatable bonds is 4. The van der Waals surface area contributed by atoms with Crippen molar-refractivity contribution in [3.05, 3.63) is 53.6 Å². The molecule has 2 rings (SSSR count). The number of aromatic nitrogens is 2. The van der Waals surface area contributed by atoms with E-state index in [0.717, 1.165) is 12.1 Å². The smallest absolute Gasteiger partial charge is 0.419 e. The van der Waals surface area contributed by atoms with E-state index in [9.17, 15) is 13.2 Å². The molecule has 0 fully saturated rings. The van der Waals surface area contributed by atoms with Crippen molar-refractivity contribution in [3.8, 4) is 5.75 Å². The SMILES string of the molecule is N=C(N)c1ccc(OCc2ncccn2)c(C(F)(F)F)c1. The number of alkyl halides is 3. The molecule has 21 heavy (non-hydrogen) atoms. The molecule has 5 nitrogen and oxygen atoms in total. The van der Waals surface area contributed by atoms with Crippen LogP contribution in [0.25, 0.3) is 0 Å². The summed E-state index contributed by atoms with van der Waals surface area (Å²) >= 11 is 0. The Labute approximate surface area is 118 Å². The van der Waals surface area contributed by atoms with Crippen molar-refractivity contribution in [1.82, 2.24) is 9.97 Å². The number of nitrogens with zero attached hydrogens (tertiary/aromatic N) is 2. The maximum atomic E-state index is 13.0. The quantitative estimate of drug-likeness (QED) is 0.670. The van der Waals surface area contributed by atoms with E-state index in [1.54, 1.807) is 6.07 Å². The fraction of sp³-hybridized carbons (Fsp3) is 0.154. The van der Waals surface area contributed by atoms with Gasteiger partial charge in [-0.2, -0.15) is 13.2 Å². The van der Waals surface area contributed by atoms with Crippen LogP contribution in [-0.4, -0.2) is 15.8 Å². The van der Waals surface area contributed by atoms with Gasteiger partial charge in [0.1, 0.15) is 18.2 Å². The molecular formula is C13H11F3N4O. The topological polar surface area (TPSA) is 84.9 Å². The lowest BCUT2D eigenvalue weighted by molar-refractivity contribution is -0.139. The van der Waals surface area contributed by atoms with Crippen LogP contribution < -0.4 is 10.5 Å². The van der Waals surface area contributed by atoms with Gasteiger partial charge >= 0.3 is 6.18 Å². The monoisotopic (exact) mass is 296 g/mol. The van der Waals surface area contributed by atoms with Crippen molar-refractivity contribution >= 4 is 5.84 Å². The third kappa shape index (κ3) is 3.68. The van der Waals surface area contributed by atoms with Gasteiger partial charge in [0.2, 0.25) is 0 Å². The van der Waals surface area contributed by atoms with Gasteiger partial charge in [-0.05, 0) is 24.3 Å². The van der Waals surface area contributed by atoms with Crippen LogP contribution in [0.2, 0.25) is 0 Å². The molecule has 1 heterocycles. The number of benzene rings is 1. The van der Waals surface area contributed by atoms with Crippen LogP contribution in [0.5, 0.6) is 5.75 Å². The lowest BCUT2D eigenvalue weighted by atomic mass is 10.1. The standard InChI is InChI=1S/C13H11F3N4O/c14-13(15,16)9-6-8(12(17)18)2-3-10(9)21-7-11-19-4-1-5-20-11/h1-6H,7H2,(H3,17,18). The molecule has 2 aromatic rings. The molecule has 0 amide bonds. The Morgan fingerprint density at radius 2 is 1.90 bits per heavy atom. The summed E-state index contributed by atoms with van der Waals surface area (Å²) in [5.74, 6) is -0.542. The van der Waals surface area contributed by atoms with Gasteiger partial charge in [0.05, 0.1) is 5.56 Å². The van der Waals surface area contributed by atoms with Crippen molar-refractivity contribution in [2.45, 2.75) is 12.8 Å². The zero-order chi connectivity index (χ0) is 15.5. The average molecular weight is 296 g/mol. The normalized spacial score (nSPS) is 11.2. The molecule has 0 aliphatic rings. The summed E-state index contributed by atoms with van der Waals surface area (Å²) < 4.78 is 44.1. The molecule has 0 unspecified atom stereocenters. The lowest BCUT2D eigenvalue weighted by Gasteiger charge is -2.14. The van der Waals surface area contributed by atoms with E-state index < -0.39 is 17.6 Å². The molecule has 0 saturated carbocycles. The first-order chi connectivity index (χ1) is 9.88. The Morgan fingerprint density at radius 1 is 1.24 bits per heavy atom. The molecule has 3 N–H and O–H groups in total. The summed E-state index contributed by atoms with van der Waals surface area (Å²) in [5.41, 5.74) is 4.18. The maximum absolute atomic E-state index is 13.0. The van der Waals surface area contributed by atoms with Gasteiger partial charge in [0.25, 0.3) is 0 Å². The average Bonchev–Trinajstić information content (AvgIpc) is 2.45. The molecule has 0 saturated heterocycles. The summed E-state index contributed by atoms with van der Waals surface area (Å²) in [6, 6.07) is 4.79. The first kappa shape index (κ1) is 14.8. The summed E-state index contributed by atoms with van der Waals surface area (Å²) in [6.45, 7) is -0.191. The second kappa shape index (κ2) is 5.78. The van der Waals surface area contributed by atoms with E-state index in [1.807, 2.05) is 0 Å². The third-order valence-corrected chi connectivity index (χ3v) is 2.57.